The van der Waals surface area contributed by atoms with E-state index < -0.39 is 4.92 Å². The molecular formula is C16H24N4O3. The molecule has 2 saturated carbocycles. The van der Waals surface area contributed by atoms with E-state index in [4.69, 9.17) is 0 Å². The second-order valence-electron chi connectivity index (χ2n) is 7.04. The molecule has 1 heterocycles. The Hall–Kier alpha value is -1.92. The van der Waals surface area contributed by atoms with Crippen molar-refractivity contribution in [2.75, 3.05) is 0 Å². The maximum atomic E-state index is 12.2. The van der Waals surface area contributed by atoms with Crippen molar-refractivity contribution in [3.8, 4) is 0 Å². The summed E-state index contributed by atoms with van der Waals surface area (Å²) in [6, 6.07) is 0.214. The molecule has 23 heavy (non-hydrogen) atoms. The molecule has 0 unspecified atom stereocenters. The standard InChI is InChI=1S/C16H24N4O3/c1-10(14-8-12-3-4-13(14)7-12)18-16(21)5-6-19-11(2)15(9-17-19)20(22)23/h9-10,12-14H,3-8H2,1-2H3,(H,18,21)/t10-,12-,13-,14+/m0/s1. The fourth-order valence-electron chi connectivity index (χ4n) is 4.39. The highest BCUT2D eigenvalue weighted by Crippen LogP contribution is 2.49. The van der Waals surface area contributed by atoms with E-state index in [0.29, 0.717) is 24.6 Å². The Morgan fingerprint density at radius 1 is 1.52 bits per heavy atom. The number of aromatic nitrogens is 2. The highest BCUT2D eigenvalue weighted by atomic mass is 16.6. The van der Waals surface area contributed by atoms with Crippen molar-refractivity contribution < 1.29 is 9.72 Å². The fourth-order valence-corrected chi connectivity index (χ4v) is 4.39. The van der Waals surface area contributed by atoms with Crippen LogP contribution >= 0.6 is 0 Å². The minimum absolute atomic E-state index is 0.000701. The highest BCUT2D eigenvalue weighted by Gasteiger charge is 2.42. The molecule has 2 bridgehead atoms. The van der Waals surface area contributed by atoms with Crippen molar-refractivity contribution >= 4 is 11.6 Å². The van der Waals surface area contributed by atoms with Crippen LogP contribution in [0.25, 0.3) is 0 Å². The third-order valence-electron chi connectivity index (χ3n) is 5.65. The predicted molar refractivity (Wildman–Crippen MR) is 84.8 cm³/mol. The van der Waals surface area contributed by atoms with Crippen molar-refractivity contribution in [1.29, 1.82) is 0 Å². The fraction of sp³-hybridized carbons (Fsp3) is 0.750. The van der Waals surface area contributed by atoms with E-state index in [9.17, 15) is 14.9 Å². The van der Waals surface area contributed by atoms with Gasteiger partial charge in [-0.3, -0.25) is 19.6 Å². The predicted octanol–water partition coefficient (Wildman–Crippen LogP) is 2.43. The second kappa shape index (κ2) is 6.29. The number of fused-ring (bicyclic) bond motifs is 2. The van der Waals surface area contributed by atoms with Gasteiger partial charge in [0.05, 0.1) is 11.5 Å². The Labute approximate surface area is 135 Å². The first kappa shape index (κ1) is 16.0. The molecule has 0 spiro atoms. The summed E-state index contributed by atoms with van der Waals surface area (Å²) in [4.78, 5) is 22.5. The van der Waals surface area contributed by atoms with Crippen LogP contribution in [0.4, 0.5) is 5.69 Å². The van der Waals surface area contributed by atoms with Crippen molar-refractivity contribution in [2.45, 2.75) is 58.5 Å². The summed E-state index contributed by atoms with van der Waals surface area (Å²) in [7, 11) is 0. The summed E-state index contributed by atoms with van der Waals surface area (Å²) in [5.74, 6) is 2.27. The zero-order valence-corrected chi connectivity index (χ0v) is 13.7. The zero-order valence-electron chi connectivity index (χ0n) is 13.7. The van der Waals surface area contributed by atoms with Crippen LogP contribution < -0.4 is 5.32 Å². The molecule has 0 aromatic carbocycles. The third kappa shape index (κ3) is 3.23. The summed E-state index contributed by atoms with van der Waals surface area (Å²) < 4.78 is 1.53. The number of hydrogen-bond acceptors (Lipinski definition) is 4. The molecule has 0 aliphatic heterocycles. The Bertz CT molecular complexity index is 612. The van der Waals surface area contributed by atoms with Gasteiger partial charge in [0.2, 0.25) is 5.91 Å². The van der Waals surface area contributed by atoms with Gasteiger partial charge in [-0.05, 0) is 50.9 Å². The largest absolute Gasteiger partial charge is 0.353 e. The maximum absolute atomic E-state index is 12.2. The molecule has 2 fully saturated rings. The van der Waals surface area contributed by atoms with E-state index in [1.807, 2.05) is 0 Å². The lowest BCUT2D eigenvalue weighted by atomic mass is 9.84. The van der Waals surface area contributed by atoms with Gasteiger partial charge in [0.1, 0.15) is 11.9 Å². The van der Waals surface area contributed by atoms with Gasteiger partial charge in [-0.1, -0.05) is 6.42 Å². The number of aryl methyl sites for hydroxylation is 1. The van der Waals surface area contributed by atoms with Crippen LogP contribution in [0.1, 0.15) is 44.7 Å². The van der Waals surface area contributed by atoms with Crippen LogP contribution in [0.2, 0.25) is 0 Å². The summed E-state index contributed by atoms with van der Waals surface area (Å²) in [5.41, 5.74) is 0.490. The Morgan fingerprint density at radius 3 is 2.87 bits per heavy atom. The monoisotopic (exact) mass is 320 g/mol. The molecule has 0 radical (unpaired) electrons. The number of carbonyl (C=O) groups excluding carboxylic acids is 1. The summed E-state index contributed by atoms with van der Waals surface area (Å²) in [5, 5.41) is 17.9. The SMILES string of the molecule is Cc1c([N+](=O)[O-])cnn1CCC(=O)N[C@@H](C)[C@H]1C[C@H]2CC[C@H]1C2. The quantitative estimate of drug-likeness (QED) is 0.644. The topological polar surface area (TPSA) is 90.1 Å². The van der Waals surface area contributed by atoms with Gasteiger partial charge in [0, 0.05) is 12.5 Å². The van der Waals surface area contributed by atoms with Gasteiger partial charge in [-0.2, -0.15) is 5.10 Å². The number of amides is 1. The first-order chi connectivity index (χ1) is 11.0. The molecule has 3 rings (SSSR count). The number of nitrogens with zero attached hydrogens (tertiary/aromatic N) is 3. The lowest BCUT2D eigenvalue weighted by Crippen LogP contribution is -2.40. The Kier molecular flexibility index (Phi) is 4.37. The van der Waals surface area contributed by atoms with Crippen LogP contribution in [-0.4, -0.2) is 26.7 Å². The van der Waals surface area contributed by atoms with Gasteiger partial charge in [0.25, 0.3) is 0 Å². The first-order valence-electron chi connectivity index (χ1n) is 8.42. The molecular weight excluding hydrogens is 296 g/mol. The van der Waals surface area contributed by atoms with Gasteiger partial charge in [-0.25, -0.2) is 0 Å². The van der Waals surface area contributed by atoms with Crippen LogP contribution in [-0.2, 0) is 11.3 Å². The molecule has 1 aromatic heterocycles. The van der Waals surface area contributed by atoms with Crippen LogP contribution in [0, 0.1) is 34.8 Å². The number of hydrogen-bond donors (Lipinski definition) is 1. The highest BCUT2D eigenvalue weighted by molar-refractivity contribution is 5.76. The number of rotatable bonds is 6. The van der Waals surface area contributed by atoms with Gasteiger partial charge < -0.3 is 5.32 Å². The van der Waals surface area contributed by atoms with Gasteiger partial charge in [0.15, 0.2) is 0 Å². The lowest BCUT2D eigenvalue weighted by Gasteiger charge is -2.28. The Balaban J connectivity index is 1.49. The van der Waals surface area contributed by atoms with Crippen LogP contribution in [0.5, 0.6) is 0 Å². The molecule has 1 N–H and O–H groups in total. The van der Waals surface area contributed by atoms with E-state index in [1.165, 1.54) is 36.6 Å². The summed E-state index contributed by atoms with van der Waals surface area (Å²) in [6.45, 7) is 4.13. The molecule has 7 heteroatoms. The molecule has 4 atom stereocenters. The number of nitro groups is 1. The van der Waals surface area contributed by atoms with Crippen LogP contribution in [0.3, 0.4) is 0 Å². The van der Waals surface area contributed by atoms with Gasteiger partial charge in [-0.15, -0.1) is 0 Å². The average molecular weight is 320 g/mol. The van der Waals surface area contributed by atoms with Crippen LogP contribution in [0.15, 0.2) is 6.20 Å². The van der Waals surface area contributed by atoms with E-state index in [1.54, 1.807) is 6.92 Å². The molecule has 1 aromatic rings. The zero-order chi connectivity index (χ0) is 16.6. The van der Waals surface area contributed by atoms with Crippen molar-refractivity contribution in [3.05, 3.63) is 22.0 Å². The third-order valence-corrected chi connectivity index (χ3v) is 5.65. The first-order valence-corrected chi connectivity index (χ1v) is 8.42. The number of carbonyl (C=O) groups is 1. The summed E-state index contributed by atoms with van der Waals surface area (Å²) in [6.07, 6.45) is 6.79. The average Bonchev–Trinajstić information content (AvgIpc) is 3.20. The second-order valence-corrected chi connectivity index (χ2v) is 7.04. The minimum atomic E-state index is -0.448. The molecule has 7 nitrogen and oxygen atoms in total. The van der Waals surface area contributed by atoms with Crippen molar-refractivity contribution in [2.24, 2.45) is 17.8 Å². The lowest BCUT2D eigenvalue weighted by molar-refractivity contribution is -0.385. The molecule has 126 valence electrons. The van der Waals surface area contributed by atoms with E-state index in [2.05, 4.69) is 17.3 Å². The van der Waals surface area contributed by atoms with E-state index >= 15 is 0 Å². The van der Waals surface area contributed by atoms with Gasteiger partial charge >= 0.3 is 5.69 Å². The number of nitrogens with one attached hydrogen (secondary N) is 1. The molecule has 0 saturated heterocycles. The molecule has 2 aliphatic carbocycles. The molecule has 1 amide bonds. The van der Waals surface area contributed by atoms with Crippen molar-refractivity contribution in [1.82, 2.24) is 15.1 Å². The van der Waals surface area contributed by atoms with E-state index in [-0.39, 0.29) is 17.6 Å². The maximum Gasteiger partial charge on any atom is 0.309 e. The molecule has 2 aliphatic rings. The summed E-state index contributed by atoms with van der Waals surface area (Å²) >= 11 is 0. The normalized spacial score (nSPS) is 27.1. The Morgan fingerprint density at radius 2 is 2.30 bits per heavy atom. The minimum Gasteiger partial charge on any atom is -0.353 e. The van der Waals surface area contributed by atoms with E-state index in [0.717, 1.165) is 11.8 Å². The van der Waals surface area contributed by atoms with Crippen molar-refractivity contribution in [3.63, 3.8) is 0 Å². The smallest absolute Gasteiger partial charge is 0.309 e.